The number of rotatable bonds is 3. The van der Waals surface area contributed by atoms with Gasteiger partial charge in [0.25, 0.3) is 5.91 Å². The second-order valence-electron chi connectivity index (χ2n) is 5.22. The number of furan rings is 1. The fraction of sp³-hybridized carbons (Fsp3) is 0.333. The smallest absolute Gasteiger partial charge is 0.252 e. The van der Waals surface area contributed by atoms with Gasteiger partial charge in [0, 0.05) is 28.9 Å². The zero-order chi connectivity index (χ0) is 14.9. The fourth-order valence-electron chi connectivity index (χ4n) is 2.67. The van der Waals surface area contributed by atoms with Gasteiger partial charge in [-0.05, 0) is 40.9 Å². The molecule has 1 unspecified atom stereocenters. The summed E-state index contributed by atoms with van der Waals surface area (Å²) in [5.41, 5.74) is 0.174. The number of fused-ring (bicyclic) bond motifs is 1. The van der Waals surface area contributed by atoms with Gasteiger partial charge >= 0.3 is 0 Å². The van der Waals surface area contributed by atoms with E-state index in [2.05, 4.69) is 26.2 Å². The molecule has 0 aliphatic heterocycles. The van der Waals surface area contributed by atoms with Crippen molar-refractivity contribution in [3.05, 3.63) is 52.1 Å². The number of hydrogen-bond donors (Lipinski definition) is 2. The molecular formula is C15H15BrN2O3. The molecule has 2 aromatic heterocycles. The maximum absolute atomic E-state index is 12.1. The predicted molar refractivity (Wildman–Crippen MR) is 79.8 cm³/mol. The molecule has 2 aromatic rings. The molecule has 1 amide bonds. The molecule has 0 spiro atoms. The van der Waals surface area contributed by atoms with E-state index in [-0.39, 0.29) is 12.5 Å². The van der Waals surface area contributed by atoms with Gasteiger partial charge in [-0.1, -0.05) is 0 Å². The molecule has 0 saturated carbocycles. The summed E-state index contributed by atoms with van der Waals surface area (Å²) in [6.45, 7) is 0.158. The van der Waals surface area contributed by atoms with Crippen molar-refractivity contribution in [1.82, 2.24) is 10.3 Å². The number of hydrogen-bond acceptors (Lipinski definition) is 4. The Bertz CT molecular complexity index is 670. The lowest BCUT2D eigenvalue weighted by Crippen LogP contribution is -2.42. The molecule has 21 heavy (non-hydrogen) atoms. The van der Waals surface area contributed by atoms with Crippen molar-refractivity contribution in [3.8, 4) is 0 Å². The van der Waals surface area contributed by atoms with Gasteiger partial charge in [0.1, 0.15) is 11.4 Å². The number of aryl methyl sites for hydroxylation is 1. The number of carbonyl (C=O) groups excluding carboxylic acids is 1. The van der Waals surface area contributed by atoms with Crippen molar-refractivity contribution in [2.75, 3.05) is 6.54 Å². The molecule has 110 valence electrons. The third-order valence-electron chi connectivity index (χ3n) is 3.75. The highest BCUT2D eigenvalue weighted by Gasteiger charge is 2.36. The lowest BCUT2D eigenvalue weighted by atomic mass is 9.83. The third kappa shape index (κ3) is 2.87. The van der Waals surface area contributed by atoms with Crippen molar-refractivity contribution in [1.29, 1.82) is 0 Å². The van der Waals surface area contributed by atoms with E-state index in [1.165, 1.54) is 6.20 Å². The maximum Gasteiger partial charge on any atom is 0.252 e. The van der Waals surface area contributed by atoms with Crippen LogP contribution in [0.2, 0.25) is 0 Å². The van der Waals surface area contributed by atoms with Crippen molar-refractivity contribution >= 4 is 21.8 Å². The Morgan fingerprint density at radius 1 is 1.52 bits per heavy atom. The van der Waals surface area contributed by atoms with Crippen molar-refractivity contribution in [2.24, 2.45) is 0 Å². The summed E-state index contributed by atoms with van der Waals surface area (Å²) < 4.78 is 6.11. The molecule has 5 nitrogen and oxygen atoms in total. The van der Waals surface area contributed by atoms with Crippen LogP contribution in [0.25, 0.3) is 0 Å². The maximum atomic E-state index is 12.1. The van der Waals surface area contributed by atoms with E-state index in [0.717, 1.165) is 28.6 Å². The minimum Gasteiger partial charge on any atom is -0.469 e. The van der Waals surface area contributed by atoms with Gasteiger partial charge in [0.15, 0.2) is 0 Å². The number of amides is 1. The van der Waals surface area contributed by atoms with E-state index in [0.29, 0.717) is 12.0 Å². The van der Waals surface area contributed by atoms with Crippen LogP contribution in [-0.4, -0.2) is 22.5 Å². The van der Waals surface area contributed by atoms with E-state index < -0.39 is 5.60 Å². The third-order valence-corrected chi connectivity index (χ3v) is 4.18. The van der Waals surface area contributed by atoms with Gasteiger partial charge in [-0.25, -0.2) is 0 Å². The second-order valence-corrected chi connectivity index (χ2v) is 6.13. The Hall–Kier alpha value is -1.66. The van der Waals surface area contributed by atoms with E-state index in [9.17, 15) is 9.90 Å². The van der Waals surface area contributed by atoms with Crippen LogP contribution in [0.1, 0.15) is 34.5 Å². The van der Waals surface area contributed by atoms with E-state index in [4.69, 9.17) is 4.42 Å². The van der Waals surface area contributed by atoms with Crippen molar-refractivity contribution in [2.45, 2.75) is 24.9 Å². The summed E-state index contributed by atoms with van der Waals surface area (Å²) in [5, 5.41) is 13.5. The van der Waals surface area contributed by atoms with E-state index >= 15 is 0 Å². The van der Waals surface area contributed by atoms with Gasteiger partial charge in [0.05, 0.1) is 18.4 Å². The first kappa shape index (κ1) is 14.3. The Balaban J connectivity index is 1.72. The molecule has 0 saturated heterocycles. The number of aliphatic hydroxyl groups is 1. The highest BCUT2D eigenvalue weighted by Crippen LogP contribution is 2.35. The van der Waals surface area contributed by atoms with E-state index in [1.54, 1.807) is 24.6 Å². The fourth-order valence-corrected chi connectivity index (χ4v) is 3.04. The molecule has 1 aliphatic rings. The van der Waals surface area contributed by atoms with Crippen LogP contribution in [-0.2, 0) is 12.0 Å². The molecule has 3 rings (SSSR count). The number of aromatic nitrogens is 1. The number of carbonyl (C=O) groups is 1. The first-order valence-electron chi connectivity index (χ1n) is 6.76. The van der Waals surface area contributed by atoms with Gasteiger partial charge < -0.3 is 14.8 Å². The summed E-state index contributed by atoms with van der Waals surface area (Å²) in [6.07, 6.45) is 6.97. The largest absolute Gasteiger partial charge is 0.469 e. The molecule has 0 aromatic carbocycles. The van der Waals surface area contributed by atoms with Gasteiger partial charge in [-0.15, -0.1) is 0 Å². The van der Waals surface area contributed by atoms with Crippen molar-refractivity contribution < 1.29 is 14.3 Å². The average molecular weight is 351 g/mol. The topological polar surface area (TPSA) is 75.4 Å². The number of halogens is 1. The first-order chi connectivity index (χ1) is 10.1. The number of pyridine rings is 1. The molecule has 0 bridgehead atoms. The average Bonchev–Trinajstić information content (AvgIpc) is 2.95. The second kappa shape index (κ2) is 5.61. The highest BCUT2D eigenvalue weighted by atomic mass is 79.9. The van der Waals surface area contributed by atoms with Crippen LogP contribution < -0.4 is 5.32 Å². The van der Waals surface area contributed by atoms with Crippen LogP contribution in [0.15, 0.2) is 39.7 Å². The Morgan fingerprint density at radius 2 is 2.38 bits per heavy atom. The molecule has 1 aliphatic carbocycles. The van der Waals surface area contributed by atoms with Crippen LogP contribution in [0, 0.1) is 0 Å². The molecule has 1 atom stereocenters. The quantitative estimate of drug-likeness (QED) is 0.891. The normalized spacial score (nSPS) is 20.9. The van der Waals surface area contributed by atoms with Crippen LogP contribution >= 0.6 is 15.9 Å². The zero-order valence-corrected chi connectivity index (χ0v) is 12.9. The number of nitrogens with one attached hydrogen (secondary N) is 1. The summed E-state index contributed by atoms with van der Waals surface area (Å²) in [5.74, 6) is 0.551. The molecule has 0 radical (unpaired) electrons. The van der Waals surface area contributed by atoms with Crippen LogP contribution in [0.3, 0.4) is 0 Å². The molecule has 6 heteroatoms. The van der Waals surface area contributed by atoms with Gasteiger partial charge in [-0.2, -0.15) is 0 Å². The SMILES string of the molecule is O=C(NCC1(O)CCCc2occc21)c1cncc(Br)c1. The lowest BCUT2D eigenvalue weighted by Gasteiger charge is -2.31. The van der Waals surface area contributed by atoms with Crippen LogP contribution in [0.4, 0.5) is 0 Å². The molecule has 2 N–H and O–H groups in total. The Morgan fingerprint density at radius 3 is 3.19 bits per heavy atom. The molecule has 0 fully saturated rings. The minimum atomic E-state index is -1.06. The summed E-state index contributed by atoms with van der Waals surface area (Å²) in [6, 6.07) is 3.47. The van der Waals surface area contributed by atoms with E-state index in [1.807, 2.05) is 0 Å². The summed E-state index contributed by atoms with van der Waals surface area (Å²) in [4.78, 5) is 16.1. The Kier molecular flexibility index (Phi) is 3.82. The summed E-state index contributed by atoms with van der Waals surface area (Å²) >= 11 is 3.28. The van der Waals surface area contributed by atoms with Crippen molar-refractivity contribution in [3.63, 3.8) is 0 Å². The monoisotopic (exact) mass is 350 g/mol. The van der Waals surface area contributed by atoms with Crippen LogP contribution in [0.5, 0.6) is 0 Å². The number of nitrogens with zero attached hydrogens (tertiary/aromatic N) is 1. The standard InChI is InChI=1S/C15H15BrN2O3/c16-11-6-10(7-17-8-11)14(19)18-9-15(20)4-1-2-13-12(15)3-5-21-13/h3,5-8,20H,1-2,4,9H2,(H,18,19). The molecular weight excluding hydrogens is 336 g/mol. The first-order valence-corrected chi connectivity index (χ1v) is 7.56. The minimum absolute atomic E-state index is 0.158. The molecule has 2 heterocycles. The van der Waals surface area contributed by atoms with Gasteiger partial charge in [-0.3, -0.25) is 9.78 Å². The Labute approximate surface area is 130 Å². The zero-order valence-electron chi connectivity index (χ0n) is 11.3. The summed E-state index contributed by atoms with van der Waals surface area (Å²) in [7, 11) is 0. The lowest BCUT2D eigenvalue weighted by molar-refractivity contribution is 0.0169. The van der Waals surface area contributed by atoms with Gasteiger partial charge in [0.2, 0.25) is 0 Å². The highest BCUT2D eigenvalue weighted by molar-refractivity contribution is 9.10. The predicted octanol–water partition coefficient (Wildman–Crippen LogP) is 2.39.